The molecule has 5 rings (SSSR count). The lowest BCUT2D eigenvalue weighted by atomic mass is 9.92. The van der Waals surface area contributed by atoms with Crippen molar-refractivity contribution in [3.05, 3.63) is 70.2 Å². The van der Waals surface area contributed by atoms with E-state index in [1.54, 1.807) is 0 Å². The molecule has 3 aliphatic rings. The highest BCUT2D eigenvalue weighted by Crippen LogP contribution is 2.28. The predicted molar refractivity (Wildman–Crippen MR) is 188 cm³/mol. The Kier molecular flexibility index (Phi) is 12.6. The molecule has 0 radical (unpaired) electrons. The van der Waals surface area contributed by atoms with Gasteiger partial charge in [0, 0.05) is 61.8 Å². The van der Waals surface area contributed by atoms with Crippen molar-refractivity contribution in [1.29, 1.82) is 0 Å². The van der Waals surface area contributed by atoms with Gasteiger partial charge in [0.25, 0.3) is 0 Å². The highest BCUT2D eigenvalue weighted by Gasteiger charge is 2.35. The fourth-order valence-electron chi connectivity index (χ4n) is 7.79. The van der Waals surface area contributed by atoms with Gasteiger partial charge in [0.2, 0.25) is 11.8 Å². The van der Waals surface area contributed by atoms with Crippen LogP contribution >= 0.6 is 11.6 Å². The molecule has 0 bridgehead atoms. The second kappa shape index (κ2) is 16.6. The van der Waals surface area contributed by atoms with Gasteiger partial charge < -0.3 is 20.4 Å². The summed E-state index contributed by atoms with van der Waals surface area (Å²) >= 11 is 6.18. The Morgan fingerprint density at radius 3 is 2.11 bits per heavy atom. The zero-order chi connectivity index (χ0) is 32.6. The molecule has 8 heteroatoms. The number of nitrogens with one attached hydrogen (secondary N) is 2. The van der Waals surface area contributed by atoms with Crippen LogP contribution < -0.4 is 10.6 Å². The average Bonchev–Trinajstić information content (AvgIpc) is 3.07. The highest BCUT2D eigenvalue weighted by atomic mass is 35.5. The summed E-state index contributed by atoms with van der Waals surface area (Å²) in [5, 5.41) is 8.09. The molecular weight excluding hydrogens is 594 g/mol. The van der Waals surface area contributed by atoms with Gasteiger partial charge in [0.1, 0.15) is 0 Å². The van der Waals surface area contributed by atoms with E-state index in [0.717, 1.165) is 89.9 Å². The molecule has 2 fully saturated rings. The number of benzene rings is 2. The van der Waals surface area contributed by atoms with Crippen molar-refractivity contribution in [3.63, 3.8) is 0 Å². The smallest absolute Gasteiger partial charge is 0.240 e. The molecule has 3 heterocycles. The minimum absolute atomic E-state index is 0.0591. The summed E-state index contributed by atoms with van der Waals surface area (Å²) in [6.07, 6.45) is 6.74. The number of likely N-dealkylation sites (tertiary alicyclic amines) is 2. The fourth-order valence-corrected chi connectivity index (χ4v) is 7.92. The zero-order valence-corrected chi connectivity index (χ0v) is 29.3. The van der Waals surface area contributed by atoms with Crippen LogP contribution in [-0.2, 0) is 22.4 Å². The van der Waals surface area contributed by atoms with Crippen LogP contribution in [0.15, 0.2) is 48.5 Å². The average molecular weight is 650 g/mol. The molecule has 2 N–H and O–H groups in total. The lowest BCUT2D eigenvalue weighted by Gasteiger charge is -2.46. The van der Waals surface area contributed by atoms with E-state index in [-0.39, 0.29) is 23.8 Å². The molecule has 2 atom stereocenters. The van der Waals surface area contributed by atoms with Gasteiger partial charge in [-0.25, -0.2) is 0 Å². The lowest BCUT2D eigenvalue weighted by molar-refractivity contribution is -0.136. The van der Waals surface area contributed by atoms with E-state index in [2.05, 4.69) is 63.4 Å². The molecule has 0 spiro atoms. The van der Waals surface area contributed by atoms with Crippen LogP contribution in [-0.4, -0.2) is 90.5 Å². The largest absolute Gasteiger partial charge is 0.342 e. The molecule has 252 valence electrons. The van der Waals surface area contributed by atoms with Gasteiger partial charge in [-0.2, -0.15) is 0 Å². The van der Waals surface area contributed by atoms with Gasteiger partial charge in [-0.1, -0.05) is 75.7 Å². The first-order valence-electron chi connectivity index (χ1n) is 17.8. The van der Waals surface area contributed by atoms with Crippen molar-refractivity contribution in [2.45, 2.75) is 96.8 Å². The molecule has 0 saturated carbocycles. The van der Waals surface area contributed by atoms with E-state index in [9.17, 15) is 9.59 Å². The van der Waals surface area contributed by atoms with Crippen LogP contribution in [0.5, 0.6) is 0 Å². The van der Waals surface area contributed by atoms with Crippen molar-refractivity contribution in [3.8, 4) is 0 Å². The Balaban J connectivity index is 1.20. The number of hydrogen-bond donors (Lipinski definition) is 2. The standard InChI is InChI=1S/C38H56ClN5O2/c1-27(2)26-44(32-15-21-42(22-16-32)37(45)28(3)4)33-17-23-43(24-18-33)38(46)36(25-29-9-11-31(39)12-10-29)41-20-14-35-34-8-6-5-7-30(34)13-19-40-35/h5-12,27-28,32-33,35-36,40-41H,13-26H2,1-4H3. The van der Waals surface area contributed by atoms with Crippen LogP contribution in [0, 0.1) is 11.8 Å². The van der Waals surface area contributed by atoms with Crippen LogP contribution in [0.25, 0.3) is 0 Å². The maximum absolute atomic E-state index is 14.1. The molecule has 2 aromatic carbocycles. The molecular formula is C38H56ClN5O2. The van der Waals surface area contributed by atoms with Gasteiger partial charge in [0.15, 0.2) is 0 Å². The number of amides is 2. The highest BCUT2D eigenvalue weighted by molar-refractivity contribution is 6.30. The summed E-state index contributed by atoms with van der Waals surface area (Å²) in [6, 6.07) is 17.7. The summed E-state index contributed by atoms with van der Waals surface area (Å²) in [5.74, 6) is 1.13. The first-order valence-corrected chi connectivity index (χ1v) is 18.2. The Hall–Kier alpha value is -2.45. The van der Waals surface area contributed by atoms with E-state index in [0.29, 0.717) is 35.5 Å². The minimum Gasteiger partial charge on any atom is -0.342 e. The monoisotopic (exact) mass is 649 g/mol. The Morgan fingerprint density at radius 2 is 1.50 bits per heavy atom. The molecule has 2 saturated heterocycles. The van der Waals surface area contributed by atoms with Gasteiger partial charge in [-0.15, -0.1) is 0 Å². The maximum Gasteiger partial charge on any atom is 0.240 e. The summed E-state index contributed by atoms with van der Waals surface area (Å²) in [7, 11) is 0. The minimum atomic E-state index is -0.272. The number of hydrogen-bond acceptors (Lipinski definition) is 5. The Labute approximate surface area is 282 Å². The van der Waals surface area contributed by atoms with Crippen LogP contribution in [0.2, 0.25) is 5.02 Å². The second-order valence-corrected chi connectivity index (χ2v) is 14.9. The normalized spacial score (nSPS) is 20.4. The lowest BCUT2D eigenvalue weighted by Crippen LogP contribution is -2.56. The fraction of sp³-hybridized carbons (Fsp3) is 0.632. The SMILES string of the molecule is CC(C)CN(C1CCN(C(=O)C(C)C)CC1)C1CCN(C(=O)C(Cc2ccc(Cl)cc2)NCCC2NCCc3ccccc32)CC1. The van der Waals surface area contributed by atoms with E-state index >= 15 is 0 Å². The topological polar surface area (TPSA) is 67.9 Å². The van der Waals surface area contributed by atoms with Gasteiger partial charge >= 0.3 is 0 Å². The molecule has 2 unspecified atom stereocenters. The summed E-state index contributed by atoms with van der Waals surface area (Å²) in [5.41, 5.74) is 3.95. The molecule has 2 aromatic rings. The Bertz CT molecular complexity index is 1270. The van der Waals surface area contributed by atoms with Gasteiger partial charge in [-0.3, -0.25) is 14.5 Å². The van der Waals surface area contributed by atoms with Gasteiger partial charge in [0.05, 0.1) is 6.04 Å². The Morgan fingerprint density at radius 1 is 0.891 bits per heavy atom. The van der Waals surface area contributed by atoms with Crippen molar-refractivity contribution >= 4 is 23.4 Å². The summed E-state index contributed by atoms with van der Waals surface area (Å²) in [4.78, 5) is 33.6. The molecule has 7 nitrogen and oxygen atoms in total. The van der Waals surface area contributed by atoms with Crippen LogP contribution in [0.3, 0.4) is 0 Å². The number of carbonyl (C=O) groups is 2. The third kappa shape index (κ3) is 9.12. The molecule has 0 aromatic heterocycles. The summed E-state index contributed by atoms with van der Waals surface area (Å²) < 4.78 is 0. The second-order valence-electron chi connectivity index (χ2n) is 14.4. The number of halogens is 1. The van der Waals surface area contributed by atoms with Crippen molar-refractivity contribution in [2.75, 3.05) is 45.8 Å². The number of carbonyl (C=O) groups excluding carboxylic acids is 2. The molecule has 3 aliphatic heterocycles. The van der Waals surface area contributed by atoms with E-state index in [4.69, 9.17) is 11.6 Å². The summed E-state index contributed by atoms with van der Waals surface area (Å²) in [6.45, 7) is 14.7. The quantitative estimate of drug-likeness (QED) is 0.308. The number of piperidine rings is 2. The van der Waals surface area contributed by atoms with Crippen LogP contribution in [0.4, 0.5) is 0 Å². The number of fused-ring (bicyclic) bond motifs is 1. The third-order valence-electron chi connectivity index (χ3n) is 10.3. The molecule has 0 aliphatic carbocycles. The predicted octanol–water partition coefficient (Wildman–Crippen LogP) is 5.71. The first kappa shape index (κ1) is 34.9. The van der Waals surface area contributed by atoms with Crippen molar-refractivity contribution < 1.29 is 9.59 Å². The van der Waals surface area contributed by atoms with Crippen LogP contribution in [0.1, 0.15) is 82.5 Å². The molecule has 2 amide bonds. The number of nitrogens with zero attached hydrogens (tertiary/aromatic N) is 3. The maximum atomic E-state index is 14.1. The first-order chi connectivity index (χ1) is 22.2. The van der Waals surface area contributed by atoms with Gasteiger partial charge in [-0.05, 0) is 92.8 Å². The van der Waals surface area contributed by atoms with Crippen molar-refractivity contribution in [2.24, 2.45) is 11.8 Å². The van der Waals surface area contributed by atoms with Crippen molar-refractivity contribution in [1.82, 2.24) is 25.3 Å². The van der Waals surface area contributed by atoms with E-state index in [1.165, 1.54) is 11.1 Å². The van der Waals surface area contributed by atoms with E-state index in [1.807, 2.05) is 38.1 Å². The zero-order valence-electron chi connectivity index (χ0n) is 28.5. The van der Waals surface area contributed by atoms with E-state index < -0.39 is 0 Å². The molecule has 46 heavy (non-hydrogen) atoms. The third-order valence-corrected chi connectivity index (χ3v) is 10.5. The number of rotatable bonds is 12.